The third-order valence-corrected chi connectivity index (χ3v) is 0.526. The van der Waals surface area contributed by atoms with Crippen LogP contribution in [0.2, 0.25) is 20.0 Å². The van der Waals surface area contributed by atoms with Crippen LogP contribution in [-0.4, -0.2) is 6.71 Å². The van der Waals surface area contributed by atoms with Crippen LogP contribution in [0.3, 0.4) is 0 Å². The molecule has 0 N–H and O–H groups in total. The predicted molar refractivity (Wildman–Crippen MR) is 31.1 cm³/mol. The zero-order chi connectivity index (χ0) is 4.99. The highest BCUT2D eigenvalue weighted by molar-refractivity contribution is 6.56. The van der Waals surface area contributed by atoms with Crippen LogP contribution in [0.1, 0.15) is 0 Å². The smallest absolute Gasteiger partial charge is 0.121 e. The second kappa shape index (κ2) is 2.84. The second-order valence-corrected chi connectivity index (χ2v) is 1.80. The highest BCUT2D eigenvalue weighted by atomic mass is 13.5. The first kappa shape index (κ1) is 5.62. The molecule has 0 aliphatic heterocycles. The molecule has 1 heteroatoms. The largest absolute Gasteiger partial charge is 0.147 e. The Bertz CT molecular complexity index is 58.8. The Morgan fingerprint density at radius 2 is 2.17 bits per heavy atom. The summed E-state index contributed by atoms with van der Waals surface area (Å²) in [7, 11) is 0. The van der Waals surface area contributed by atoms with Gasteiger partial charge in [-0.05, 0) is 6.32 Å². The Kier molecular flexibility index (Phi) is 2.66. The fraction of sp³-hybridized carbons (Fsp3) is 0.600. The molecule has 0 saturated carbocycles. The van der Waals surface area contributed by atoms with E-state index in [9.17, 15) is 0 Å². The number of hydrogen-bond acceptors (Lipinski definition) is 0. The molecule has 0 fully saturated rings. The van der Waals surface area contributed by atoms with Crippen LogP contribution in [0.4, 0.5) is 0 Å². The van der Waals surface area contributed by atoms with Crippen LogP contribution >= 0.6 is 0 Å². The molecule has 0 radical (unpaired) electrons. The first-order chi connectivity index (χ1) is 2.77. The van der Waals surface area contributed by atoms with Crippen molar-refractivity contribution in [1.82, 2.24) is 0 Å². The SMILES string of the molecule is C#CCB(C)C. The Balaban J connectivity index is 2.88. The molecular formula is C5H9B. The van der Waals surface area contributed by atoms with Gasteiger partial charge in [0, 0.05) is 0 Å². The van der Waals surface area contributed by atoms with Crippen molar-refractivity contribution in [2.24, 2.45) is 0 Å². The van der Waals surface area contributed by atoms with Crippen molar-refractivity contribution < 1.29 is 0 Å². The molecule has 0 aliphatic carbocycles. The van der Waals surface area contributed by atoms with Gasteiger partial charge in [0.25, 0.3) is 0 Å². The van der Waals surface area contributed by atoms with E-state index in [1.54, 1.807) is 0 Å². The van der Waals surface area contributed by atoms with E-state index < -0.39 is 0 Å². The van der Waals surface area contributed by atoms with E-state index in [4.69, 9.17) is 6.42 Å². The highest BCUT2D eigenvalue weighted by Crippen LogP contribution is 1.84. The number of hydrogen-bond donors (Lipinski definition) is 0. The molecule has 0 nitrogen and oxygen atoms in total. The van der Waals surface area contributed by atoms with Gasteiger partial charge in [-0.2, -0.15) is 0 Å². The maximum Gasteiger partial charge on any atom is 0.147 e. The van der Waals surface area contributed by atoms with Crippen LogP contribution in [0.5, 0.6) is 0 Å². The minimum atomic E-state index is 0.662. The quantitative estimate of drug-likeness (QED) is 0.329. The predicted octanol–water partition coefficient (Wildman–Crippen LogP) is 1.37. The molecule has 6 heavy (non-hydrogen) atoms. The van der Waals surface area contributed by atoms with E-state index in [1.165, 1.54) is 0 Å². The Morgan fingerprint density at radius 1 is 1.67 bits per heavy atom. The molecule has 0 spiro atoms. The molecule has 0 unspecified atom stereocenters. The van der Waals surface area contributed by atoms with Crippen molar-refractivity contribution in [1.29, 1.82) is 0 Å². The minimum absolute atomic E-state index is 0.662. The summed E-state index contributed by atoms with van der Waals surface area (Å²) in [6, 6.07) is 0. The molecule has 0 aliphatic rings. The zero-order valence-electron chi connectivity index (χ0n) is 4.36. The first-order valence-electron chi connectivity index (χ1n) is 2.21. The van der Waals surface area contributed by atoms with Gasteiger partial charge < -0.3 is 0 Å². The molecule has 0 heterocycles. The van der Waals surface area contributed by atoms with Crippen molar-refractivity contribution in [3.63, 3.8) is 0 Å². The lowest BCUT2D eigenvalue weighted by Crippen LogP contribution is -1.94. The van der Waals surface area contributed by atoms with Crippen molar-refractivity contribution in [3.05, 3.63) is 0 Å². The van der Waals surface area contributed by atoms with Gasteiger partial charge in [-0.1, -0.05) is 13.6 Å². The summed E-state index contributed by atoms with van der Waals surface area (Å²) >= 11 is 0. The van der Waals surface area contributed by atoms with E-state index in [1.807, 2.05) is 0 Å². The molecule has 0 rings (SSSR count). The average Bonchev–Trinajstić information content (AvgIpc) is 1.35. The maximum atomic E-state index is 4.98. The first-order valence-corrected chi connectivity index (χ1v) is 2.21. The Morgan fingerprint density at radius 3 is 2.17 bits per heavy atom. The van der Waals surface area contributed by atoms with Crippen molar-refractivity contribution >= 4 is 6.71 Å². The van der Waals surface area contributed by atoms with Gasteiger partial charge >= 0.3 is 0 Å². The number of terminal acetylenes is 1. The Labute approximate surface area is 40.0 Å². The van der Waals surface area contributed by atoms with Crippen LogP contribution in [-0.2, 0) is 0 Å². The summed E-state index contributed by atoms with van der Waals surface area (Å²) in [6.45, 7) is 4.88. The molecule has 0 bridgehead atoms. The standard InChI is InChI=1S/C5H9B/c1-4-5-6(2)3/h1H,5H2,2-3H3. The zero-order valence-corrected chi connectivity index (χ0v) is 4.36. The lowest BCUT2D eigenvalue weighted by Gasteiger charge is -1.84. The van der Waals surface area contributed by atoms with Crippen LogP contribution in [0, 0.1) is 12.3 Å². The normalized spacial score (nSPS) is 6.83. The van der Waals surface area contributed by atoms with Gasteiger partial charge in [0.1, 0.15) is 6.71 Å². The fourth-order valence-electron chi connectivity index (χ4n) is 0.236. The molecule has 0 saturated heterocycles. The van der Waals surface area contributed by atoms with Gasteiger partial charge in [0.15, 0.2) is 0 Å². The fourth-order valence-corrected chi connectivity index (χ4v) is 0.236. The van der Waals surface area contributed by atoms with Crippen LogP contribution < -0.4 is 0 Å². The summed E-state index contributed by atoms with van der Waals surface area (Å²) in [4.78, 5) is 0. The summed E-state index contributed by atoms with van der Waals surface area (Å²) in [5.41, 5.74) is 0. The van der Waals surface area contributed by atoms with Crippen LogP contribution in [0.25, 0.3) is 0 Å². The summed E-state index contributed by atoms with van der Waals surface area (Å²) in [5.74, 6) is 2.57. The maximum absolute atomic E-state index is 4.98. The minimum Gasteiger partial charge on any atom is -0.121 e. The molecule has 0 aromatic carbocycles. The van der Waals surface area contributed by atoms with E-state index in [0.717, 1.165) is 6.32 Å². The second-order valence-electron chi connectivity index (χ2n) is 1.80. The van der Waals surface area contributed by atoms with Crippen molar-refractivity contribution in [2.75, 3.05) is 0 Å². The average molecular weight is 79.9 g/mol. The molecule has 32 valence electrons. The monoisotopic (exact) mass is 80.1 g/mol. The van der Waals surface area contributed by atoms with Gasteiger partial charge in [0.2, 0.25) is 0 Å². The van der Waals surface area contributed by atoms with Gasteiger partial charge in [0.05, 0.1) is 0 Å². The summed E-state index contributed by atoms with van der Waals surface area (Å²) in [5, 5.41) is 0. The molecule has 0 aromatic rings. The summed E-state index contributed by atoms with van der Waals surface area (Å²) in [6.07, 6.45) is 5.88. The highest BCUT2D eigenvalue weighted by Gasteiger charge is 1.89. The molecular weight excluding hydrogens is 70.9 g/mol. The van der Waals surface area contributed by atoms with Crippen molar-refractivity contribution in [2.45, 2.75) is 20.0 Å². The molecule has 0 aromatic heterocycles. The van der Waals surface area contributed by atoms with Crippen molar-refractivity contribution in [3.8, 4) is 12.3 Å². The van der Waals surface area contributed by atoms with E-state index in [-0.39, 0.29) is 0 Å². The topological polar surface area (TPSA) is 0 Å². The summed E-state index contributed by atoms with van der Waals surface area (Å²) < 4.78 is 0. The van der Waals surface area contributed by atoms with Gasteiger partial charge in [-0.3, -0.25) is 0 Å². The lowest BCUT2D eigenvalue weighted by molar-refractivity contribution is 1.71. The van der Waals surface area contributed by atoms with Gasteiger partial charge in [-0.15, -0.1) is 12.3 Å². The van der Waals surface area contributed by atoms with Gasteiger partial charge in [-0.25, -0.2) is 0 Å². The van der Waals surface area contributed by atoms with E-state index in [2.05, 4.69) is 19.6 Å². The Hall–Kier alpha value is -0.375. The van der Waals surface area contributed by atoms with E-state index >= 15 is 0 Å². The number of rotatable bonds is 1. The third-order valence-electron chi connectivity index (χ3n) is 0.526. The molecule has 0 atom stereocenters. The van der Waals surface area contributed by atoms with E-state index in [0.29, 0.717) is 6.71 Å². The molecule has 0 amide bonds. The lowest BCUT2D eigenvalue weighted by atomic mass is 9.52. The third kappa shape index (κ3) is 3.62. The van der Waals surface area contributed by atoms with Crippen LogP contribution in [0.15, 0.2) is 0 Å².